The molecular weight excluding hydrogens is 416 g/mol. The highest BCUT2D eigenvalue weighted by molar-refractivity contribution is 7.99. The number of carbonyl (C=O) groups is 1. The van der Waals surface area contributed by atoms with Gasteiger partial charge < -0.3 is 4.42 Å². The SMILES string of the molecule is CC.CCn1c(SCC(=O)c2ccc(SN3CCCC3)cc2)nnc1-c1ccco1. The molecule has 1 aliphatic heterocycles. The van der Waals surface area contributed by atoms with Crippen molar-refractivity contribution in [3.8, 4) is 11.6 Å². The third-order valence-electron chi connectivity index (χ3n) is 4.58. The van der Waals surface area contributed by atoms with Crippen LogP contribution in [0.4, 0.5) is 0 Å². The highest BCUT2D eigenvalue weighted by atomic mass is 32.2. The molecule has 3 aromatic rings. The number of ketones is 1. The normalized spacial score (nSPS) is 13.8. The molecule has 0 radical (unpaired) electrons. The van der Waals surface area contributed by atoms with Crippen LogP contribution in [-0.2, 0) is 6.54 Å². The molecule has 1 fully saturated rings. The third-order valence-corrected chi connectivity index (χ3v) is 6.66. The first-order chi connectivity index (χ1) is 14.7. The van der Waals surface area contributed by atoms with Gasteiger partial charge in [-0.3, -0.25) is 9.36 Å². The average molecular weight is 445 g/mol. The van der Waals surface area contributed by atoms with Gasteiger partial charge in [0.25, 0.3) is 0 Å². The number of thioether (sulfide) groups is 1. The van der Waals surface area contributed by atoms with Gasteiger partial charge in [0, 0.05) is 30.1 Å². The van der Waals surface area contributed by atoms with E-state index in [1.165, 1.54) is 29.5 Å². The van der Waals surface area contributed by atoms with Gasteiger partial charge in [0.05, 0.1) is 12.0 Å². The first-order valence-corrected chi connectivity index (χ1v) is 12.2. The topological polar surface area (TPSA) is 64.2 Å². The van der Waals surface area contributed by atoms with Crippen molar-refractivity contribution in [2.24, 2.45) is 0 Å². The molecule has 0 atom stereocenters. The Bertz CT molecular complexity index is 917. The maximum atomic E-state index is 12.6. The highest BCUT2D eigenvalue weighted by Gasteiger charge is 2.17. The number of nitrogens with zero attached hydrogens (tertiary/aromatic N) is 4. The van der Waals surface area contributed by atoms with Gasteiger partial charge in [-0.25, -0.2) is 4.31 Å². The van der Waals surface area contributed by atoms with Gasteiger partial charge in [-0.1, -0.05) is 37.7 Å². The Hall–Kier alpha value is -2.03. The van der Waals surface area contributed by atoms with Gasteiger partial charge >= 0.3 is 0 Å². The summed E-state index contributed by atoms with van der Waals surface area (Å²) >= 11 is 3.18. The Labute approximate surface area is 186 Å². The lowest BCUT2D eigenvalue weighted by molar-refractivity contribution is 0.102. The number of carbonyl (C=O) groups excluding carboxylic acids is 1. The van der Waals surface area contributed by atoms with Gasteiger partial charge in [-0.2, -0.15) is 0 Å². The molecule has 0 unspecified atom stereocenters. The molecule has 0 amide bonds. The minimum atomic E-state index is 0.0907. The lowest BCUT2D eigenvalue weighted by atomic mass is 10.1. The molecule has 8 heteroatoms. The van der Waals surface area contributed by atoms with Crippen molar-refractivity contribution in [3.05, 3.63) is 48.2 Å². The van der Waals surface area contributed by atoms with E-state index in [0.29, 0.717) is 23.9 Å². The molecule has 1 aliphatic rings. The number of hydrogen-bond donors (Lipinski definition) is 0. The second-order valence-electron chi connectivity index (χ2n) is 6.49. The zero-order valence-electron chi connectivity index (χ0n) is 17.7. The van der Waals surface area contributed by atoms with Gasteiger partial charge in [0.2, 0.25) is 0 Å². The molecule has 0 spiro atoms. The molecule has 2 aromatic heterocycles. The Morgan fingerprint density at radius 2 is 1.83 bits per heavy atom. The van der Waals surface area contributed by atoms with E-state index >= 15 is 0 Å². The molecule has 30 heavy (non-hydrogen) atoms. The summed E-state index contributed by atoms with van der Waals surface area (Å²) in [5, 5.41) is 9.18. The fourth-order valence-electron chi connectivity index (χ4n) is 3.11. The van der Waals surface area contributed by atoms with Crippen molar-refractivity contribution in [1.29, 1.82) is 0 Å². The minimum Gasteiger partial charge on any atom is -0.461 e. The lowest BCUT2D eigenvalue weighted by Crippen LogP contribution is -2.09. The number of aromatic nitrogens is 3. The summed E-state index contributed by atoms with van der Waals surface area (Å²) in [4.78, 5) is 13.8. The Balaban J connectivity index is 0.00000124. The smallest absolute Gasteiger partial charge is 0.200 e. The molecule has 1 aromatic carbocycles. The highest BCUT2D eigenvalue weighted by Crippen LogP contribution is 2.28. The molecular formula is C22H28N4O2S2. The molecule has 0 aliphatic carbocycles. The Morgan fingerprint density at radius 1 is 1.10 bits per heavy atom. The first kappa shape index (κ1) is 22.7. The standard InChI is InChI=1S/C20H22N4O2S2.C2H6/c1-2-24-19(18-6-5-13-26-18)21-22-20(24)27-14-17(25)15-7-9-16(10-8-15)28-23-11-3-4-12-23;1-2/h5-10,13H,2-4,11-12,14H2,1H3;1-2H3. The van der Waals surface area contributed by atoms with E-state index < -0.39 is 0 Å². The van der Waals surface area contributed by atoms with Gasteiger partial charge in [0.1, 0.15) is 0 Å². The number of benzene rings is 1. The van der Waals surface area contributed by atoms with Crippen molar-refractivity contribution in [2.45, 2.75) is 50.2 Å². The predicted octanol–water partition coefficient (Wildman–Crippen LogP) is 5.66. The molecule has 0 N–H and O–H groups in total. The molecule has 1 saturated heterocycles. The van der Waals surface area contributed by atoms with Crippen molar-refractivity contribution < 1.29 is 9.21 Å². The quantitative estimate of drug-likeness (QED) is 0.252. The summed E-state index contributed by atoms with van der Waals surface area (Å²) in [6.07, 6.45) is 4.15. The van der Waals surface area contributed by atoms with Crippen molar-refractivity contribution in [3.63, 3.8) is 0 Å². The Morgan fingerprint density at radius 3 is 2.47 bits per heavy atom. The minimum absolute atomic E-state index is 0.0907. The molecule has 4 rings (SSSR count). The van der Waals surface area contributed by atoms with E-state index in [0.717, 1.165) is 23.8 Å². The van der Waals surface area contributed by atoms with Crippen molar-refractivity contribution >= 4 is 29.5 Å². The number of Topliss-reactive ketones (excluding diaryl/α,β-unsaturated/α-hetero) is 1. The van der Waals surface area contributed by atoms with Gasteiger partial charge in [-0.15, -0.1) is 10.2 Å². The largest absolute Gasteiger partial charge is 0.461 e. The van der Waals surface area contributed by atoms with Crippen LogP contribution < -0.4 is 0 Å². The summed E-state index contributed by atoms with van der Waals surface area (Å²) in [6.45, 7) is 9.01. The fourth-order valence-corrected chi connectivity index (χ4v) is 5.01. The van der Waals surface area contributed by atoms with Crippen LogP contribution in [0.25, 0.3) is 11.6 Å². The second-order valence-corrected chi connectivity index (χ2v) is 8.60. The fraction of sp³-hybridized carbons (Fsp3) is 0.409. The van der Waals surface area contributed by atoms with Gasteiger partial charge in [-0.05, 0) is 56.0 Å². The molecule has 3 heterocycles. The van der Waals surface area contributed by atoms with E-state index in [9.17, 15) is 4.79 Å². The van der Waals surface area contributed by atoms with Gasteiger partial charge in [0.15, 0.2) is 22.5 Å². The summed E-state index contributed by atoms with van der Waals surface area (Å²) in [5.41, 5.74) is 0.729. The van der Waals surface area contributed by atoms with Crippen LogP contribution in [0, 0.1) is 0 Å². The van der Waals surface area contributed by atoms with Crippen LogP contribution in [0.3, 0.4) is 0 Å². The molecule has 160 valence electrons. The maximum Gasteiger partial charge on any atom is 0.200 e. The maximum absolute atomic E-state index is 12.6. The van der Waals surface area contributed by atoms with Crippen LogP contribution in [0.2, 0.25) is 0 Å². The lowest BCUT2D eigenvalue weighted by Gasteiger charge is -2.13. The van der Waals surface area contributed by atoms with E-state index in [-0.39, 0.29) is 5.78 Å². The number of hydrogen-bond acceptors (Lipinski definition) is 7. The van der Waals surface area contributed by atoms with Crippen LogP contribution in [0.15, 0.2) is 57.1 Å². The zero-order chi connectivity index (χ0) is 21.3. The predicted molar refractivity (Wildman–Crippen MR) is 123 cm³/mol. The number of furan rings is 1. The van der Waals surface area contributed by atoms with Crippen LogP contribution in [0.1, 0.15) is 44.0 Å². The summed E-state index contributed by atoms with van der Waals surface area (Å²) in [6, 6.07) is 11.6. The molecule has 0 bridgehead atoms. The molecule has 0 saturated carbocycles. The summed E-state index contributed by atoms with van der Waals surface area (Å²) < 4.78 is 9.76. The second kappa shape index (κ2) is 11.4. The van der Waals surface area contributed by atoms with Crippen molar-refractivity contribution in [1.82, 2.24) is 19.1 Å². The van der Waals surface area contributed by atoms with Crippen LogP contribution >= 0.6 is 23.7 Å². The van der Waals surface area contributed by atoms with E-state index in [2.05, 4.69) is 14.5 Å². The first-order valence-electron chi connectivity index (χ1n) is 10.4. The monoisotopic (exact) mass is 444 g/mol. The summed E-state index contributed by atoms with van der Waals surface area (Å²) in [5.74, 6) is 1.78. The van der Waals surface area contributed by atoms with Crippen LogP contribution in [-0.4, -0.2) is 43.7 Å². The average Bonchev–Trinajstić information content (AvgIpc) is 3.55. The van der Waals surface area contributed by atoms with E-state index in [1.807, 2.05) is 61.7 Å². The number of rotatable bonds is 8. The zero-order valence-corrected chi connectivity index (χ0v) is 19.3. The third kappa shape index (κ3) is 5.56. The van der Waals surface area contributed by atoms with Crippen molar-refractivity contribution in [2.75, 3.05) is 18.8 Å². The van der Waals surface area contributed by atoms with Crippen LogP contribution in [0.5, 0.6) is 0 Å². The Kier molecular flexibility index (Phi) is 8.60. The molecule has 6 nitrogen and oxygen atoms in total. The summed E-state index contributed by atoms with van der Waals surface area (Å²) in [7, 11) is 0. The van der Waals surface area contributed by atoms with E-state index in [4.69, 9.17) is 4.42 Å². The van der Waals surface area contributed by atoms with E-state index in [1.54, 1.807) is 18.2 Å².